The summed E-state index contributed by atoms with van der Waals surface area (Å²) in [5, 5.41) is 0. The third kappa shape index (κ3) is 2.91. The van der Waals surface area contributed by atoms with Crippen LogP contribution in [0.1, 0.15) is 37.8 Å². The Morgan fingerprint density at radius 1 is 1.25 bits per heavy atom. The Morgan fingerprint density at radius 3 is 2.75 bits per heavy atom. The van der Waals surface area contributed by atoms with E-state index in [4.69, 9.17) is 15.2 Å². The number of likely N-dealkylation sites (tertiary alicyclic amines) is 1. The second-order valence-corrected chi connectivity index (χ2v) is 5.87. The van der Waals surface area contributed by atoms with Crippen molar-refractivity contribution in [3.05, 3.63) is 23.8 Å². The first-order chi connectivity index (χ1) is 9.76. The molecule has 1 atom stereocenters. The van der Waals surface area contributed by atoms with Crippen molar-refractivity contribution in [3.8, 4) is 11.5 Å². The summed E-state index contributed by atoms with van der Waals surface area (Å²) in [5.74, 6) is 2.56. The molecular formula is C16H24N2O2. The van der Waals surface area contributed by atoms with E-state index in [2.05, 4.69) is 17.9 Å². The first kappa shape index (κ1) is 13.7. The summed E-state index contributed by atoms with van der Waals surface area (Å²) >= 11 is 0. The fraction of sp³-hybridized carbons (Fsp3) is 0.625. The quantitative estimate of drug-likeness (QED) is 0.918. The van der Waals surface area contributed by atoms with Gasteiger partial charge in [-0.3, -0.25) is 0 Å². The minimum Gasteiger partial charge on any atom is -0.454 e. The van der Waals surface area contributed by atoms with Gasteiger partial charge in [0.25, 0.3) is 0 Å². The van der Waals surface area contributed by atoms with Crippen molar-refractivity contribution in [2.45, 2.75) is 32.2 Å². The second kappa shape index (κ2) is 6.02. The summed E-state index contributed by atoms with van der Waals surface area (Å²) in [4.78, 5) is 2.49. The molecule has 1 saturated heterocycles. The molecule has 4 heteroatoms. The molecule has 0 saturated carbocycles. The lowest BCUT2D eigenvalue weighted by atomic mass is 9.94. The minimum atomic E-state index is 0.0441. The van der Waals surface area contributed by atoms with Crippen molar-refractivity contribution >= 4 is 0 Å². The van der Waals surface area contributed by atoms with Crippen molar-refractivity contribution in [1.82, 2.24) is 4.90 Å². The molecule has 2 heterocycles. The minimum absolute atomic E-state index is 0.0441. The molecule has 20 heavy (non-hydrogen) atoms. The molecule has 4 nitrogen and oxygen atoms in total. The van der Waals surface area contributed by atoms with E-state index in [1.54, 1.807) is 0 Å². The smallest absolute Gasteiger partial charge is 0.231 e. The summed E-state index contributed by atoms with van der Waals surface area (Å²) in [6, 6.07) is 6.08. The Balaban J connectivity index is 1.58. The van der Waals surface area contributed by atoms with Gasteiger partial charge in [0.15, 0.2) is 11.5 Å². The van der Waals surface area contributed by atoms with Gasteiger partial charge in [-0.25, -0.2) is 0 Å². The van der Waals surface area contributed by atoms with Gasteiger partial charge < -0.3 is 20.1 Å². The Bertz CT molecular complexity index is 456. The average molecular weight is 276 g/mol. The fourth-order valence-electron chi connectivity index (χ4n) is 3.10. The number of hydrogen-bond donors (Lipinski definition) is 1. The van der Waals surface area contributed by atoms with E-state index in [1.165, 1.54) is 32.4 Å². The van der Waals surface area contributed by atoms with E-state index in [9.17, 15) is 0 Å². The highest BCUT2D eigenvalue weighted by atomic mass is 16.7. The van der Waals surface area contributed by atoms with Crippen LogP contribution in [0.2, 0.25) is 0 Å². The summed E-state index contributed by atoms with van der Waals surface area (Å²) < 4.78 is 10.8. The van der Waals surface area contributed by atoms with Gasteiger partial charge >= 0.3 is 0 Å². The summed E-state index contributed by atoms with van der Waals surface area (Å²) in [5.41, 5.74) is 7.48. The van der Waals surface area contributed by atoms with Crippen LogP contribution in [0.5, 0.6) is 11.5 Å². The van der Waals surface area contributed by atoms with Crippen LogP contribution in [0.25, 0.3) is 0 Å². The molecule has 1 fully saturated rings. The lowest BCUT2D eigenvalue weighted by Gasteiger charge is -2.33. The molecule has 0 aliphatic carbocycles. The molecule has 2 N–H and O–H groups in total. The molecule has 0 radical (unpaired) electrons. The predicted molar refractivity (Wildman–Crippen MR) is 78.9 cm³/mol. The Kier molecular flexibility index (Phi) is 4.13. The van der Waals surface area contributed by atoms with Crippen molar-refractivity contribution < 1.29 is 9.47 Å². The van der Waals surface area contributed by atoms with E-state index in [0.717, 1.165) is 29.5 Å². The van der Waals surface area contributed by atoms with Crippen LogP contribution in [0.3, 0.4) is 0 Å². The summed E-state index contributed by atoms with van der Waals surface area (Å²) in [6.45, 7) is 5.89. The third-order valence-corrected chi connectivity index (χ3v) is 4.56. The Morgan fingerprint density at radius 2 is 2.00 bits per heavy atom. The van der Waals surface area contributed by atoms with Crippen LogP contribution in [0, 0.1) is 5.92 Å². The zero-order valence-corrected chi connectivity index (χ0v) is 12.2. The molecule has 1 aromatic rings. The highest BCUT2D eigenvalue weighted by Crippen LogP contribution is 2.34. The maximum absolute atomic E-state index is 6.35. The van der Waals surface area contributed by atoms with Crippen LogP contribution < -0.4 is 15.2 Å². The first-order valence-corrected chi connectivity index (χ1v) is 7.63. The number of rotatable bonds is 4. The van der Waals surface area contributed by atoms with Gasteiger partial charge in [-0.15, -0.1) is 0 Å². The number of nitrogens with two attached hydrogens (primary N) is 1. The number of piperidine rings is 1. The largest absolute Gasteiger partial charge is 0.454 e. The normalized spacial score (nSPS) is 21.1. The van der Waals surface area contributed by atoms with Crippen LogP contribution in [0.15, 0.2) is 18.2 Å². The molecule has 0 aromatic heterocycles. The molecule has 2 aliphatic rings. The fourth-order valence-corrected chi connectivity index (χ4v) is 3.10. The zero-order valence-electron chi connectivity index (χ0n) is 12.2. The van der Waals surface area contributed by atoms with E-state index in [0.29, 0.717) is 6.79 Å². The van der Waals surface area contributed by atoms with Gasteiger partial charge in [-0.05, 0) is 49.5 Å². The van der Waals surface area contributed by atoms with Gasteiger partial charge in [0.2, 0.25) is 6.79 Å². The molecule has 1 unspecified atom stereocenters. The van der Waals surface area contributed by atoms with E-state index in [1.807, 2.05) is 12.1 Å². The van der Waals surface area contributed by atoms with Crippen LogP contribution in [-0.4, -0.2) is 31.3 Å². The average Bonchev–Trinajstić information content (AvgIpc) is 2.95. The Hall–Kier alpha value is -1.26. The van der Waals surface area contributed by atoms with Crippen LogP contribution >= 0.6 is 0 Å². The molecule has 0 amide bonds. The molecule has 1 aromatic carbocycles. The SMILES string of the molecule is CCC1CCN(CC(N)c2ccc3c(c2)OCO3)CC1. The number of fused-ring (bicyclic) bond motifs is 1. The summed E-state index contributed by atoms with van der Waals surface area (Å²) in [6.07, 6.45) is 3.93. The van der Waals surface area contributed by atoms with Crippen molar-refractivity contribution in [2.75, 3.05) is 26.4 Å². The molecule has 0 bridgehead atoms. The number of hydrogen-bond acceptors (Lipinski definition) is 4. The summed E-state index contributed by atoms with van der Waals surface area (Å²) in [7, 11) is 0. The highest BCUT2D eigenvalue weighted by molar-refractivity contribution is 5.45. The van der Waals surface area contributed by atoms with Crippen LogP contribution in [-0.2, 0) is 0 Å². The van der Waals surface area contributed by atoms with E-state index in [-0.39, 0.29) is 6.04 Å². The van der Waals surface area contributed by atoms with Gasteiger partial charge in [0.05, 0.1) is 0 Å². The monoisotopic (exact) mass is 276 g/mol. The molecule has 2 aliphatic heterocycles. The maximum Gasteiger partial charge on any atom is 0.231 e. The number of ether oxygens (including phenoxy) is 2. The highest BCUT2D eigenvalue weighted by Gasteiger charge is 2.21. The van der Waals surface area contributed by atoms with Gasteiger partial charge in [-0.1, -0.05) is 19.4 Å². The number of benzene rings is 1. The topological polar surface area (TPSA) is 47.7 Å². The maximum atomic E-state index is 6.35. The Labute approximate surface area is 120 Å². The molecule has 110 valence electrons. The first-order valence-electron chi connectivity index (χ1n) is 7.63. The van der Waals surface area contributed by atoms with Crippen molar-refractivity contribution in [3.63, 3.8) is 0 Å². The lowest BCUT2D eigenvalue weighted by molar-refractivity contribution is 0.172. The van der Waals surface area contributed by atoms with Crippen molar-refractivity contribution in [2.24, 2.45) is 11.7 Å². The molecule has 0 spiro atoms. The zero-order chi connectivity index (χ0) is 13.9. The molecular weight excluding hydrogens is 252 g/mol. The van der Waals surface area contributed by atoms with Gasteiger partial charge in [-0.2, -0.15) is 0 Å². The van der Waals surface area contributed by atoms with Gasteiger partial charge in [0, 0.05) is 12.6 Å². The lowest BCUT2D eigenvalue weighted by Crippen LogP contribution is -2.38. The van der Waals surface area contributed by atoms with E-state index < -0.39 is 0 Å². The van der Waals surface area contributed by atoms with Gasteiger partial charge in [0.1, 0.15) is 0 Å². The third-order valence-electron chi connectivity index (χ3n) is 4.56. The standard InChI is InChI=1S/C16H24N2O2/c1-2-12-5-7-18(8-6-12)10-14(17)13-3-4-15-16(9-13)20-11-19-15/h3-4,9,12,14H,2,5-8,10-11,17H2,1H3. The van der Waals surface area contributed by atoms with E-state index >= 15 is 0 Å². The number of nitrogens with zero attached hydrogens (tertiary/aromatic N) is 1. The van der Waals surface area contributed by atoms with Crippen molar-refractivity contribution in [1.29, 1.82) is 0 Å². The second-order valence-electron chi connectivity index (χ2n) is 5.87. The van der Waals surface area contributed by atoms with Crippen LogP contribution in [0.4, 0.5) is 0 Å². The predicted octanol–water partition coefficient (Wildman–Crippen LogP) is 2.54. The molecule has 3 rings (SSSR count).